The van der Waals surface area contributed by atoms with Gasteiger partial charge in [0.05, 0.1) is 16.4 Å². The van der Waals surface area contributed by atoms with E-state index in [0.29, 0.717) is 21.3 Å². The Morgan fingerprint density at radius 1 is 1.00 bits per heavy atom. The number of hydrogen-bond acceptors (Lipinski definition) is 2. The molecule has 0 aliphatic heterocycles. The zero-order valence-corrected chi connectivity index (χ0v) is 17.2. The minimum Gasteiger partial charge on any atom is -0.321 e. The molecule has 0 spiro atoms. The van der Waals surface area contributed by atoms with Crippen molar-refractivity contribution < 1.29 is 4.79 Å². The maximum Gasteiger partial charge on any atom is 0.255 e. The van der Waals surface area contributed by atoms with Crippen LogP contribution in [0.5, 0.6) is 0 Å². The average Bonchev–Trinajstić information content (AvgIpc) is 2.71. The summed E-state index contributed by atoms with van der Waals surface area (Å²) in [5.41, 5.74) is 4.20. The summed E-state index contributed by atoms with van der Waals surface area (Å²) >= 11 is 12.0. The number of aryl methyl sites for hydroxylation is 1. The number of rotatable bonds is 7. The van der Waals surface area contributed by atoms with E-state index < -0.39 is 0 Å². The van der Waals surface area contributed by atoms with Gasteiger partial charge in [-0.25, -0.2) is 0 Å². The number of carbonyl (C=O) groups is 1. The molecule has 28 heavy (non-hydrogen) atoms. The second-order valence-electron chi connectivity index (χ2n) is 6.66. The van der Waals surface area contributed by atoms with Gasteiger partial charge in [0.25, 0.3) is 5.91 Å². The van der Waals surface area contributed by atoms with Crippen molar-refractivity contribution in [3.8, 4) is 11.3 Å². The molecule has 3 nitrogen and oxygen atoms in total. The fourth-order valence-corrected chi connectivity index (χ4v) is 3.36. The molecular formula is C23H22Cl2N2O. The number of nitrogens with one attached hydrogen (secondary N) is 1. The summed E-state index contributed by atoms with van der Waals surface area (Å²) in [7, 11) is 0. The molecule has 1 N–H and O–H groups in total. The van der Waals surface area contributed by atoms with Crippen molar-refractivity contribution in [3.63, 3.8) is 0 Å². The molecule has 0 fully saturated rings. The van der Waals surface area contributed by atoms with Crippen molar-refractivity contribution in [2.75, 3.05) is 5.32 Å². The zero-order chi connectivity index (χ0) is 19.9. The van der Waals surface area contributed by atoms with Gasteiger partial charge < -0.3 is 5.32 Å². The quantitative estimate of drug-likeness (QED) is 0.422. The number of carbonyl (C=O) groups excluding carboxylic acids is 1. The second-order valence-corrected chi connectivity index (χ2v) is 7.51. The topological polar surface area (TPSA) is 42.0 Å². The lowest BCUT2D eigenvalue weighted by Crippen LogP contribution is -2.12. The van der Waals surface area contributed by atoms with Gasteiger partial charge in [-0.3, -0.25) is 9.78 Å². The molecule has 1 aromatic heterocycles. The highest BCUT2D eigenvalue weighted by Crippen LogP contribution is 2.26. The Morgan fingerprint density at radius 3 is 2.43 bits per heavy atom. The van der Waals surface area contributed by atoms with E-state index >= 15 is 0 Å². The van der Waals surface area contributed by atoms with E-state index in [2.05, 4.69) is 23.3 Å². The number of benzene rings is 2. The van der Waals surface area contributed by atoms with Crippen LogP contribution in [0.3, 0.4) is 0 Å². The molecule has 0 atom stereocenters. The summed E-state index contributed by atoms with van der Waals surface area (Å²) in [6.07, 6.45) is 6.66. The highest BCUT2D eigenvalue weighted by molar-refractivity contribution is 6.36. The van der Waals surface area contributed by atoms with Gasteiger partial charge in [-0.15, -0.1) is 0 Å². The maximum absolute atomic E-state index is 12.5. The van der Waals surface area contributed by atoms with Crippen LogP contribution in [0, 0.1) is 0 Å². The number of pyridine rings is 1. The third-order valence-corrected chi connectivity index (χ3v) is 5.06. The van der Waals surface area contributed by atoms with E-state index in [0.717, 1.165) is 17.7 Å². The predicted molar refractivity (Wildman–Crippen MR) is 117 cm³/mol. The summed E-state index contributed by atoms with van der Waals surface area (Å²) in [6, 6.07) is 16.5. The van der Waals surface area contributed by atoms with E-state index in [1.54, 1.807) is 30.3 Å². The van der Waals surface area contributed by atoms with Gasteiger partial charge in [0, 0.05) is 22.3 Å². The number of anilines is 1. The van der Waals surface area contributed by atoms with Gasteiger partial charge in [-0.2, -0.15) is 0 Å². The molecule has 0 saturated heterocycles. The van der Waals surface area contributed by atoms with Crippen molar-refractivity contribution in [1.29, 1.82) is 0 Å². The van der Waals surface area contributed by atoms with Crippen LogP contribution in [0.2, 0.25) is 10.0 Å². The van der Waals surface area contributed by atoms with Gasteiger partial charge in [0.2, 0.25) is 0 Å². The predicted octanol–water partition coefficient (Wildman–Crippen LogP) is 7.04. The van der Waals surface area contributed by atoms with Crippen LogP contribution in [0.4, 0.5) is 5.69 Å². The van der Waals surface area contributed by atoms with Gasteiger partial charge in [0.1, 0.15) is 0 Å². The van der Waals surface area contributed by atoms with Crippen molar-refractivity contribution in [2.24, 2.45) is 0 Å². The van der Waals surface area contributed by atoms with Gasteiger partial charge in [-0.1, -0.05) is 61.2 Å². The molecule has 3 aromatic rings. The first kappa shape index (κ1) is 20.4. The SMILES string of the molecule is CCCCCc1ccc(-c2ccc(C(=O)Nc3ccc(Cl)cc3Cl)cc2)nc1. The van der Waals surface area contributed by atoms with Gasteiger partial charge in [0.15, 0.2) is 0 Å². The Balaban J connectivity index is 1.66. The minimum absolute atomic E-state index is 0.227. The highest BCUT2D eigenvalue weighted by Gasteiger charge is 2.09. The number of hydrogen-bond donors (Lipinski definition) is 1. The Labute approximate surface area is 175 Å². The van der Waals surface area contributed by atoms with E-state index in [1.807, 2.05) is 24.4 Å². The number of nitrogens with zero attached hydrogens (tertiary/aromatic N) is 1. The second kappa shape index (κ2) is 9.72. The van der Waals surface area contributed by atoms with Crippen LogP contribution in [-0.4, -0.2) is 10.9 Å². The van der Waals surface area contributed by atoms with E-state index in [1.165, 1.54) is 24.8 Å². The van der Waals surface area contributed by atoms with E-state index in [9.17, 15) is 4.79 Å². The van der Waals surface area contributed by atoms with Gasteiger partial charge in [-0.05, 0) is 54.8 Å². The molecule has 0 saturated carbocycles. The van der Waals surface area contributed by atoms with Crippen LogP contribution >= 0.6 is 23.2 Å². The van der Waals surface area contributed by atoms with Crippen LogP contribution in [0.1, 0.15) is 42.1 Å². The minimum atomic E-state index is -0.227. The summed E-state index contributed by atoms with van der Waals surface area (Å²) in [6.45, 7) is 2.20. The largest absolute Gasteiger partial charge is 0.321 e. The van der Waals surface area contributed by atoms with Crippen molar-refractivity contribution >= 4 is 34.8 Å². The third kappa shape index (κ3) is 5.34. The Bertz CT molecular complexity index is 938. The summed E-state index contributed by atoms with van der Waals surface area (Å²) in [5.74, 6) is -0.227. The lowest BCUT2D eigenvalue weighted by atomic mass is 10.1. The van der Waals surface area contributed by atoms with Crippen LogP contribution < -0.4 is 5.32 Å². The molecule has 0 bridgehead atoms. The Hall–Kier alpha value is -2.36. The average molecular weight is 413 g/mol. The molecule has 0 aliphatic rings. The van der Waals surface area contributed by atoms with Crippen LogP contribution in [0.25, 0.3) is 11.3 Å². The molecule has 144 valence electrons. The van der Waals surface area contributed by atoms with Crippen molar-refractivity contribution in [1.82, 2.24) is 4.98 Å². The molecule has 3 rings (SSSR count). The summed E-state index contributed by atoms with van der Waals surface area (Å²) in [4.78, 5) is 17.0. The first-order valence-electron chi connectivity index (χ1n) is 9.38. The monoisotopic (exact) mass is 412 g/mol. The molecule has 1 amide bonds. The standard InChI is InChI=1S/C23H22Cl2N2O/c1-2-3-4-5-16-6-12-21(26-15-16)17-7-9-18(10-8-17)23(28)27-22-13-11-19(24)14-20(22)25/h6-15H,2-5H2,1H3,(H,27,28). The number of unbranched alkanes of at least 4 members (excludes halogenated alkanes) is 2. The first-order chi connectivity index (χ1) is 13.6. The Kier molecular flexibility index (Phi) is 7.07. The van der Waals surface area contributed by atoms with E-state index in [-0.39, 0.29) is 5.91 Å². The molecule has 5 heteroatoms. The number of halogens is 2. The number of amides is 1. The molecule has 0 unspecified atom stereocenters. The van der Waals surface area contributed by atoms with E-state index in [4.69, 9.17) is 23.2 Å². The van der Waals surface area contributed by atoms with Crippen molar-refractivity contribution in [2.45, 2.75) is 32.6 Å². The lowest BCUT2D eigenvalue weighted by Gasteiger charge is -2.08. The van der Waals surface area contributed by atoms with Crippen LogP contribution in [-0.2, 0) is 6.42 Å². The number of aromatic nitrogens is 1. The molecule has 0 radical (unpaired) electrons. The first-order valence-corrected chi connectivity index (χ1v) is 10.1. The Morgan fingerprint density at radius 2 is 1.79 bits per heavy atom. The fourth-order valence-electron chi connectivity index (χ4n) is 2.90. The lowest BCUT2D eigenvalue weighted by molar-refractivity contribution is 0.102. The molecule has 0 aliphatic carbocycles. The third-order valence-electron chi connectivity index (χ3n) is 4.52. The zero-order valence-electron chi connectivity index (χ0n) is 15.7. The van der Waals surface area contributed by atoms with Crippen LogP contribution in [0.15, 0.2) is 60.8 Å². The summed E-state index contributed by atoms with van der Waals surface area (Å²) < 4.78 is 0. The highest BCUT2D eigenvalue weighted by atomic mass is 35.5. The molecule has 1 heterocycles. The maximum atomic E-state index is 12.5. The summed E-state index contributed by atoms with van der Waals surface area (Å²) in [5, 5.41) is 3.73. The fraction of sp³-hybridized carbons (Fsp3) is 0.217. The molecular weight excluding hydrogens is 391 g/mol. The van der Waals surface area contributed by atoms with Gasteiger partial charge >= 0.3 is 0 Å². The van der Waals surface area contributed by atoms with Crippen molar-refractivity contribution in [3.05, 3.63) is 82.0 Å². The normalized spacial score (nSPS) is 10.7. The molecule has 2 aromatic carbocycles. The smallest absolute Gasteiger partial charge is 0.255 e.